The summed E-state index contributed by atoms with van der Waals surface area (Å²) < 4.78 is 13.2. The van der Waals surface area contributed by atoms with Gasteiger partial charge in [0.05, 0.1) is 0 Å². The average Bonchev–Trinajstić information content (AvgIpc) is 2.28. The Labute approximate surface area is 109 Å². The summed E-state index contributed by atoms with van der Waals surface area (Å²) in [5.74, 6) is -0.140. The molecule has 0 amide bonds. The van der Waals surface area contributed by atoms with Crippen molar-refractivity contribution < 1.29 is 4.39 Å². The second-order valence-electron chi connectivity index (χ2n) is 5.87. The molecule has 0 bridgehead atoms. The van der Waals surface area contributed by atoms with E-state index < -0.39 is 0 Å². The number of hydrogen-bond acceptors (Lipinski definition) is 2. The first-order chi connectivity index (χ1) is 8.49. The lowest BCUT2D eigenvalue weighted by molar-refractivity contribution is 0.0522. The molecule has 1 unspecified atom stereocenters. The van der Waals surface area contributed by atoms with E-state index in [1.165, 1.54) is 6.07 Å². The summed E-state index contributed by atoms with van der Waals surface area (Å²) in [5.41, 5.74) is 1.25. The van der Waals surface area contributed by atoms with Gasteiger partial charge >= 0.3 is 0 Å². The van der Waals surface area contributed by atoms with Crippen molar-refractivity contribution in [2.75, 3.05) is 19.6 Å². The lowest BCUT2D eigenvalue weighted by atomic mass is 9.95. The first-order valence-electron chi connectivity index (χ1n) is 6.71. The minimum absolute atomic E-state index is 0.140. The van der Waals surface area contributed by atoms with Crippen LogP contribution in [0.4, 0.5) is 4.39 Å². The quantitative estimate of drug-likeness (QED) is 0.886. The Kier molecular flexibility index (Phi) is 4.03. The van der Waals surface area contributed by atoms with Crippen LogP contribution in [-0.2, 0) is 6.42 Å². The van der Waals surface area contributed by atoms with Crippen LogP contribution in [-0.4, -0.2) is 36.1 Å². The molecule has 1 aromatic carbocycles. The molecule has 3 heteroatoms. The van der Waals surface area contributed by atoms with Crippen LogP contribution < -0.4 is 5.32 Å². The minimum atomic E-state index is -0.140. The summed E-state index contributed by atoms with van der Waals surface area (Å²) in [6.45, 7) is 9.88. The lowest BCUT2D eigenvalue weighted by Gasteiger charge is -2.46. The fourth-order valence-corrected chi connectivity index (χ4v) is 2.93. The van der Waals surface area contributed by atoms with Gasteiger partial charge < -0.3 is 5.32 Å². The van der Waals surface area contributed by atoms with E-state index in [1.807, 2.05) is 6.07 Å². The number of nitrogens with one attached hydrogen (secondary N) is 1. The van der Waals surface area contributed by atoms with Crippen molar-refractivity contribution >= 4 is 0 Å². The SMILES string of the molecule is CC(Cc1cccc(F)c1)N1CCNCC1(C)C. The maximum Gasteiger partial charge on any atom is 0.123 e. The van der Waals surface area contributed by atoms with E-state index in [0.29, 0.717) is 6.04 Å². The molecule has 1 aliphatic rings. The number of benzene rings is 1. The largest absolute Gasteiger partial charge is 0.314 e. The van der Waals surface area contributed by atoms with Gasteiger partial charge in [0.1, 0.15) is 5.82 Å². The van der Waals surface area contributed by atoms with Gasteiger partial charge in [-0.25, -0.2) is 4.39 Å². The molecule has 1 aliphatic heterocycles. The van der Waals surface area contributed by atoms with Crippen molar-refractivity contribution in [3.8, 4) is 0 Å². The predicted octanol–water partition coefficient (Wildman–Crippen LogP) is 2.44. The van der Waals surface area contributed by atoms with Crippen LogP contribution in [0.5, 0.6) is 0 Å². The maximum atomic E-state index is 13.2. The molecule has 0 saturated carbocycles. The van der Waals surface area contributed by atoms with Crippen LogP contribution in [0.3, 0.4) is 0 Å². The highest BCUT2D eigenvalue weighted by Gasteiger charge is 2.32. The van der Waals surface area contributed by atoms with E-state index in [-0.39, 0.29) is 11.4 Å². The normalized spacial score (nSPS) is 21.8. The molecule has 0 radical (unpaired) electrons. The first-order valence-corrected chi connectivity index (χ1v) is 6.71. The van der Waals surface area contributed by atoms with Crippen molar-refractivity contribution in [2.24, 2.45) is 0 Å². The van der Waals surface area contributed by atoms with Gasteiger partial charge in [0.15, 0.2) is 0 Å². The van der Waals surface area contributed by atoms with Crippen molar-refractivity contribution in [2.45, 2.75) is 38.8 Å². The number of piperazine rings is 1. The van der Waals surface area contributed by atoms with E-state index in [2.05, 4.69) is 31.0 Å². The molecule has 1 aromatic rings. The number of hydrogen-bond donors (Lipinski definition) is 1. The topological polar surface area (TPSA) is 15.3 Å². The van der Waals surface area contributed by atoms with Gasteiger partial charge in [-0.1, -0.05) is 12.1 Å². The van der Waals surface area contributed by atoms with Crippen LogP contribution in [0.15, 0.2) is 24.3 Å². The van der Waals surface area contributed by atoms with Crippen LogP contribution in [0.1, 0.15) is 26.3 Å². The van der Waals surface area contributed by atoms with Crippen LogP contribution in [0, 0.1) is 5.82 Å². The van der Waals surface area contributed by atoms with Gasteiger partial charge in [0.2, 0.25) is 0 Å². The summed E-state index contributed by atoms with van der Waals surface area (Å²) in [6.07, 6.45) is 0.904. The summed E-state index contributed by atoms with van der Waals surface area (Å²) >= 11 is 0. The predicted molar refractivity (Wildman–Crippen MR) is 73.2 cm³/mol. The molecule has 1 fully saturated rings. The van der Waals surface area contributed by atoms with Gasteiger partial charge in [-0.3, -0.25) is 4.90 Å². The van der Waals surface area contributed by atoms with Crippen LogP contribution in [0.2, 0.25) is 0 Å². The van der Waals surface area contributed by atoms with Gasteiger partial charge in [0.25, 0.3) is 0 Å². The van der Waals surface area contributed by atoms with Gasteiger partial charge in [-0.2, -0.15) is 0 Å². The smallest absolute Gasteiger partial charge is 0.123 e. The average molecular weight is 250 g/mol. The van der Waals surface area contributed by atoms with Crippen LogP contribution >= 0.6 is 0 Å². The molecular formula is C15H23FN2. The highest BCUT2D eigenvalue weighted by Crippen LogP contribution is 2.21. The molecule has 0 spiro atoms. The molecular weight excluding hydrogens is 227 g/mol. The molecule has 1 saturated heterocycles. The third kappa shape index (κ3) is 3.09. The highest BCUT2D eigenvalue weighted by atomic mass is 19.1. The third-order valence-electron chi connectivity index (χ3n) is 3.82. The van der Waals surface area contributed by atoms with Crippen LogP contribution in [0.25, 0.3) is 0 Å². The van der Waals surface area contributed by atoms with Crippen molar-refractivity contribution in [3.05, 3.63) is 35.6 Å². The summed E-state index contributed by atoms with van der Waals surface area (Å²) in [4.78, 5) is 2.52. The van der Waals surface area contributed by atoms with Crippen molar-refractivity contribution in [1.82, 2.24) is 10.2 Å². The Morgan fingerprint density at radius 1 is 1.44 bits per heavy atom. The Morgan fingerprint density at radius 3 is 2.89 bits per heavy atom. The molecule has 1 atom stereocenters. The lowest BCUT2D eigenvalue weighted by Crippen LogP contribution is -2.60. The second kappa shape index (κ2) is 5.37. The van der Waals surface area contributed by atoms with E-state index in [1.54, 1.807) is 12.1 Å². The first kappa shape index (κ1) is 13.5. The molecule has 2 rings (SSSR count). The maximum absolute atomic E-state index is 13.2. The zero-order chi connectivity index (χ0) is 13.2. The van der Waals surface area contributed by atoms with Gasteiger partial charge in [-0.15, -0.1) is 0 Å². The fourth-order valence-electron chi connectivity index (χ4n) is 2.93. The molecule has 1 N–H and O–H groups in total. The third-order valence-corrected chi connectivity index (χ3v) is 3.82. The van der Waals surface area contributed by atoms with Crippen molar-refractivity contribution in [3.63, 3.8) is 0 Å². The number of rotatable bonds is 3. The summed E-state index contributed by atoms with van der Waals surface area (Å²) in [5, 5.41) is 3.43. The fraction of sp³-hybridized carbons (Fsp3) is 0.600. The Morgan fingerprint density at radius 2 is 2.22 bits per heavy atom. The van der Waals surface area contributed by atoms with Crippen molar-refractivity contribution in [1.29, 1.82) is 0 Å². The Balaban J connectivity index is 2.05. The monoisotopic (exact) mass is 250 g/mol. The molecule has 18 heavy (non-hydrogen) atoms. The molecule has 0 aromatic heterocycles. The summed E-state index contributed by atoms with van der Waals surface area (Å²) in [6, 6.07) is 7.38. The zero-order valence-corrected chi connectivity index (χ0v) is 11.5. The molecule has 0 aliphatic carbocycles. The van der Waals surface area contributed by atoms with Gasteiger partial charge in [0, 0.05) is 31.2 Å². The second-order valence-corrected chi connectivity index (χ2v) is 5.87. The Hall–Kier alpha value is -0.930. The number of halogens is 1. The van der Waals surface area contributed by atoms with E-state index in [4.69, 9.17) is 0 Å². The van der Waals surface area contributed by atoms with Gasteiger partial charge in [-0.05, 0) is 44.9 Å². The molecule has 100 valence electrons. The minimum Gasteiger partial charge on any atom is -0.314 e. The van der Waals surface area contributed by atoms with E-state index in [0.717, 1.165) is 31.6 Å². The zero-order valence-electron chi connectivity index (χ0n) is 11.5. The van der Waals surface area contributed by atoms with E-state index >= 15 is 0 Å². The van der Waals surface area contributed by atoms with E-state index in [9.17, 15) is 4.39 Å². The highest BCUT2D eigenvalue weighted by molar-refractivity contribution is 5.17. The summed E-state index contributed by atoms with van der Waals surface area (Å²) in [7, 11) is 0. The standard InChI is InChI=1S/C15H23FN2/c1-12(9-13-5-4-6-14(16)10-13)18-8-7-17-11-15(18,2)3/h4-6,10,12,17H,7-9,11H2,1-3H3. The number of nitrogens with zero attached hydrogens (tertiary/aromatic N) is 1. The molecule has 2 nitrogen and oxygen atoms in total. The Bertz CT molecular complexity index is 403. The molecule has 1 heterocycles.